The summed E-state index contributed by atoms with van der Waals surface area (Å²) in [5, 5.41) is 9.26. The Labute approximate surface area is 293 Å². The van der Waals surface area contributed by atoms with Crippen molar-refractivity contribution >= 4 is 54.0 Å². The smallest absolute Gasteiger partial charge is 0.318 e. The standard InChI is InChI=1S/C35H49N5O3.3ClH/c1-29(33-10-4-8-32-7-2-3-9-34(32)33)37-35(41)40(18-6-17-39-21-25-43-26-22-39)28-31-13-11-30(12-14-31)27-36-15-5-16-38-19-23-42-24-20-38;;;/h2-4,7-14,29,36H,5-6,15-28H2,1H3,(H,37,41);3*1H/t29-;;;/m0.../s1. The number of rotatable bonds is 14. The van der Waals surface area contributed by atoms with Crippen molar-refractivity contribution in [2.24, 2.45) is 0 Å². The molecule has 1 atom stereocenters. The van der Waals surface area contributed by atoms with Crippen LogP contribution < -0.4 is 10.6 Å². The Kier molecular flexibility index (Phi) is 18.9. The van der Waals surface area contributed by atoms with Crippen LogP contribution >= 0.6 is 37.2 Å². The van der Waals surface area contributed by atoms with Crippen LogP contribution in [0, 0.1) is 0 Å². The van der Waals surface area contributed by atoms with Crippen molar-refractivity contribution in [2.45, 2.75) is 38.9 Å². The number of amides is 2. The van der Waals surface area contributed by atoms with Crippen molar-refractivity contribution < 1.29 is 14.3 Å². The molecule has 5 rings (SSSR count). The van der Waals surface area contributed by atoms with E-state index < -0.39 is 0 Å². The van der Waals surface area contributed by atoms with Crippen LogP contribution in [-0.2, 0) is 22.6 Å². The van der Waals surface area contributed by atoms with Gasteiger partial charge in [0.25, 0.3) is 0 Å². The zero-order chi connectivity index (χ0) is 29.7. The summed E-state index contributed by atoms with van der Waals surface area (Å²) < 4.78 is 10.9. The number of fused-ring (bicyclic) bond motifs is 1. The number of urea groups is 1. The van der Waals surface area contributed by atoms with Crippen molar-refractivity contribution in [1.29, 1.82) is 0 Å². The zero-order valence-corrected chi connectivity index (χ0v) is 29.5. The second-order valence-corrected chi connectivity index (χ2v) is 11.8. The van der Waals surface area contributed by atoms with Crippen molar-refractivity contribution in [3.05, 3.63) is 83.4 Å². The molecule has 2 saturated heterocycles. The molecule has 2 aliphatic rings. The minimum atomic E-state index is -0.1000. The average Bonchev–Trinajstić information content (AvgIpc) is 3.05. The summed E-state index contributed by atoms with van der Waals surface area (Å²) >= 11 is 0. The third-order valence-corrected chi connectivity index (χ3v) is 8.58. The van der Waals surface area contributed by atoms with Gasteiger partial charge in [-0.3, -0.25) is 9.80 Å². The molecule has 0 unspecified atom stereocenters. The van der Waals surface area contributed by atoms with E-state index in [2.05, 4.69) is 94.1 Å². The number of carbonyl (C=O) groups is 1. The second kappa shape index (κ2) is 21.7. The van der Waals surface area contributed by atoms with E-state index in [0.717, 1.165) is 103 Å². The summed E-state index contributed by atoms with van der Waals surface area (Å²) in [5.74, 6) is 0. The molecule has 0 bridgehead atoms. The second-order valence-electron chi connectivity index (χ2n) is 11.8. The summed E-state index contributed by atoms with van der Waals surface area (Å²) in [6, 6.07) is 23.3. The first-order valence-corrected chi connectivity index (χ1v) is 16.1. The van der Waals surface area contributed by atoms with Crippen LogP contribution in [0.3, 0.4) is 0 Å². The van der Waals surface area contributed by atoms with Crippen LogP contribution in [0.2, 0.25) is 0 Å². The highest BCUT2D eigenvalue weighted by molar-refractivity contribution is 5.87. The first kappa shape index (κ1) is 40.0. The van der Waals surface area contributed by atoms with Gasteiger partial charge in [-0.25, -0.2) is 4.79 Å². The maximum absolute atomic E-state index is 13.7. The highest BCUT2D eigenvalue weighted by Crippen LogP contribution is 2.24. The van der Waals surface area contributed by atoms with Crippen molar-refractivity contribution in [3.63, 3.8) is 0 Å². The van der Waals surface area contributed by atoms with Crippen LogP contribution in [0.1, 0.15) is 42.5 Å². The zero-order valence-electron chi connectivity index (χ0n) is 27.0. The Hall–Kier alpha value is -2.14. The summed E-state index contributed by atoms with van der Waals surface area (Å²) in [7, 11) is 0. The van der Waals surface area contributed by atoms with Crippen LogP contribution in [-0.4, -0.2) is 99.5 Å². The highest BCUT2D eigenvalue weighted by atomic mass is 35.5. The first-order chi connectivity index (χ1) is 21.2. The Morgan fingerprint density at radius 1 is 0.783 bits per heavy atom. The lowest BCUT2D eigenvalue weighted by atomic mass is 10.00. The van der Waals surface area contributed by atoms with Gasteiger partial charge in [0.15, 0.2) is 0 Å². The predicted molar refractivity (Wildman–Crippen MR) is 195 cm³/mol. The topological polar surface area (TPSA) is 69.3 Å². The van der Waals surface area contributed by atoms with E-state index in [-0.39, 0.29) is 49.3 Å². The molecule has 2 fully saturated rings. The predicted octanol–water partition coefficient (Wildman–Crippen LogP) is 5.91. The molecule has 0 aliphatic carbocycles. The summed E-state index contributed by atoms with van der Waals surface area (Å²) in [6.07, 6.45) is 2.08. The van der Waals surface area contributed by atoms with Gasteiger partial charge < -0.3 is 25.0 Å². The fourth-order valence-corrected chi connectivity index (χ4v) is 6.01. The van der Waals surface area contributed by atoms with E-state index in [1.165, 1.54) is 16.3 Å². The summed E-state index contributed by atoms with van der Waals surface area (Å²) in [6.45, 7) is 14.7. The third-order valence-electron chi connectivity index (χ3n) is 8.58. The van der Waals surface area contributed by atoms with Crippen molar-refractivity contribution in [3.8, 4) is 0 Å². The Balaban J connectivity index is 0.00000245. The monoisotopic (exact) mass is 695 g/mol. The highest BCUT2D eigenvalue weighted by Gasteiger charge is 2.19. The Bertz CT molecular complexity index is 1270. The number of hydrogen-bond donors (Lipinski definition) is 2. The van der Waals surface area contributed by atoms with Gasteiger partial charge in [-0.15, -0.1) is 37.2 Å². The number of morpholine rings is 2. The minimum absolute atomic E-state index is 0. The maximum Gasteiger partial charge on any atom is 0.318 e. The number of ether oxygens (including phenoxy) is 2. The number of carbonyl (C=O) groups excluding carboxylic acids is 1. The third kappa shape index (κ3) is 12.5. The fourth-order valence-electron chi connectivity index (χ4n) is 6.01. The van der Waals surface area contributed by atoms with Crippen LogP contribution in [0.15, 0.2) is 66.7 Å². The SMILES string of the molecule is C[C@H](NC(=O)N(CCCN1CCOCC1)Cc1ccc(CNCCCN2CCOCC2)cc1)c1cccc2ccccc12.Cl.Cl.Cl. The molecule has 0 aromatic heterocycles. The van der Waals surface area contributed by atoms with Gasteiger partial charge >= 0.3 is 6.03 Å². The molecule has 2 heterocycles. The molecule has 256 valence electrons. The van der Waals surface area contributed by atoms with E-state index in [1.54, 1.807) is 0 Å². The number of halogens is 3. The van der Waals surface area contributed by atoms with E-state index in [9.17, 15) is 4.79 Å². The summed E-state index contributed by atoms with van der Waals surface area (Å²) in [4.78, 5) is 20.6. The average molecular weight is 697 g/mol. The molecule has 3 aromatic carbocycles. The van der Waals surface area contributed by atoms with Crippen LogP contribution in [0.5, 0.6) is 0 Å². The molecule has 2 aliphatic heterocycles. The van der Waals surface area contributed by atoms with Crippen LogP contribution in [0.4, 0.5) is 4.79 Å². The quantitative estimate of drug-likeness (QED) is 0.204. The van der Waals surface area contributed by atoms with Gasteiger partial charge in [-0.05, 0) is 60.3 Å². The largest absolute Gasteiger partial charge is 0.379 e. The molecule has 2 amide bonds. The number of benzene rings is 3. The molecule has 0 saturated carbocycles. The number of nitrogens with zero attached hydrogens (tertiary/aromatic N) is 3. The molecular formula is C35H52Cl3N5O3. The molecule has 8 nitrogen and oxygen atoms in total. The van der Waals surface area contributed by atoms with Crippen molar-refractivity contribution in [2.75, 3.05) is 78.8 Å². The normalized spacial score (nSPS) is 16.0. The minimum Gasteiger partial charge on any atom is -0.379 e. The van der Waals surface area contributed by atoms with E-state index in [1.807, 2.05) is 4.90 Å². The number of nitrogens with one attached hydrogen (secondary N) is 2. The lowest BCUT2D eigenvalue weighted by molar-refractivity contribution is 0.0364. The van der Waals surface area contributed by atoms with Gasteiger partial charge in [-0.1, -0.05) is 66.7 Å². The lowest BCUT2D eigenvalue weighted by Crippen LogP contribution is -2.43. The van der Waals surface area contributed by atoms with E-state index >= 15 is 0 Å². The van der Waals surface area contributed by atoms with Gasteiger partial charge in [0.05, 0.1) is 32.5 Å². The molecule has 11 heteroatoms. The fraction of sp³-hybridized carbons (Fsp3) is 0.514. The molecular weight excluding hydrogens is 645 g/mol. The first-order valence-electron chi connectivity index (χ1n) is 16.1. The molecule has 2 N–H and O–H groups in total. The van der Waals surface area contributed by atoms with Gasteiger partial charge in [0.2, 0.25) is 0 Å². The van der Waals surface area contributed by atoms with E-state index in [4.69, 9.17) is 9.47 Å². The number of hydrogen-bond acceptors (Lipinski definition) is 6. The molecule has 0 radical (unpaired) electrons. The Morgan fingerprint density at radius 3 is 2.04 bits per heavy atom. The Morgan fingerprint density at radius 2 is 1.37 bits per heavy atom. The van der Waals surface area contributed by atoms with Gasteiger partial charge in [-0.2, -0.15) is 0 Å². The lowest BCUT2D eigenvalue weighted by Gasteiger charge is -2.29. The van der Waals surface area contributed by atoms with Gasteiger partial charge in [0, 0.05) is 52.4 Å². The van der Waals surface area contributed by atoms with E-state index in [0.29, 0.717) is 13.1 Å². The molecule has 3 aromatic rings. The summed E-state index contributed by atoms with van der Waals surface area (Å²) in [5.41, 5.74) is 3.56. The van der Waals surface area contributed by atoms with Crippen LogP contribution in [0.25, 0.3) is 10.8 Å². The maximum atomic E-state index is 13.7. The molecule has 46 heavy (non-hydrogen) atoms. The van der Waals surface area contributed by atoms with Gasteiger partial charge in [0.1, 0.15) is 0 Å². The molecule has 0 spiro atoms. The van der Waals surface area contributed by atoms with Crippen molar-refractivity contribution in [1.82, 2.24) is 25.3 Å².